The molecule has 0 atom stereocenters. The number of benzene rings is 3. The number of hydrogen-bond acceptors (Lipinski definition) is 0. The second-order valence-electron chi connectivity index (χ2n) is 7.36. The van der Waals surface area contributed by atoms with Crippen LogP contribution >= 0.6 is 0 Å². The van der Waals surface area contributed by atoms with Gasteiger partial charge in [-0.3, -0.25) is 0 Å². The van der Waals surface area contributed by atoms with E-state index >= 15 is 0 Å². The average molecular weight is 288 g/mol. The van der Waals surface area contributed by atoms with Gasteiger partial charge in [0.2, 0.25) is 0 Å². The van der Waals surface area contributed by atoms with Gasteiger partial charge in [0.25, 0.3) is 0 Å². The Bertz CT molecular complexity index is 868. The van der Waals surface area contributed by atoms with Gasteiger partial charge in [0.05, 0.1) is 0 Å². The molecular formula is C22H24. The summed E-state index contributed by atoms with van der Waals surface area (Å²) in [6, 6.07) is 16.1. The van der Waals surface area contributed by atoms with Gasteiger partial charge in [0.1, 0.15) is 0 Å². The third-order valence-corrected chi connectivity index (χ3v) is 5.58. The smallest absolute Gasteiger partial charge is 0.0100 e. The summed E-state index contributed by atoms with van der Waals surface area (Å²) in [5.74, 6) is 0. The minimum Gasteiger partial charge on any atom is -0.0616 e. The summed E-state index contributed by atoms with van der Waals surface area (Å²) < 4.78 is 0. The molecule has 0 amide bonds. The molecule has 1 aliphatic rings. The third kappa shape index (κ3) is 1.90. The fraction of sp³-hybridized carbons (Fsp3) is 0.364. The van der Waals surface area contributed by atoms with E-state index < -0.39 is 0 Å². The second-order valence-corrected chi connectivity index (χ2v) is 7.36. The molecule has 4 rings (SSSR count). The summed E-state index contributed by atoms with van der Waals surface area (Å²) in [5, 5.41) is 5.78. The molecule has 0 heterocycles. The van der Waals surface area contributed by atoms with Gasteiger partial charge < -0.3 is 0 Å². The van der Waals surface area contributed by atoms with Crippen molar-refractivity contribution in [3.05, 3.63) is 59.2 Å². The monoisotopic (exact) mass is 288 g/mol. The lowest BCUT2D eigenvalue weighted by Gasteiger charge is -2.33. The van der Waals surface area contributed by atoms with E-state index in [1.54, 1.807) is 11.1 Å². The first-order valence-electron chi connectivity index (χ1n) is 8.58. The van der Waals surface area contributed by atoms with Crippen LogP contribution in [0.5, 0.6) is 0 Å². The Morgan fingerprint density at radius 3 is 2.41 bits per heavy atom. The molecule has 0 unspecified atom stereocenters. The number of fused-ring (bicyclic) bond motifs is 5. The van der Waals surface area contributed by atoms with E-state index in [-0.39, 0.29) is 0 Å². The maximum atomic E-state index is 2.47. The fourth-order valence-electron chi connectivity index (χ4n) is 4.35. The molecule has 0 aromatic heterocycles. The molecule has 3 aromatic carbocycles. The molecule has 0 fully saturated rings. The summed E-state index contributed by atoms with van der Waals surface area (Å²) >= 11 is 0. The molecule has 1 aliphatic carbocycles. The molecule has 112 valence electrons. The molecule has 0 aliphatic heterocycles. The zero-order chi connectivity index (χ0) is 15.3. The Labute approximate surface area is 133 Å². The van der Waals surface area contributed by atoms with Crippen molar-refractivity contribution in [3.63, 3.8) is 0 Å². The van der Waals surface area contributed by atoms with Crippen molar-refractivity contribution in [2.75, 3.05) is 0 Å². The number of hydrogen-bond donors (Lipinski definition) is 0. The fourth-order valence-corrected chi connectivity index (χ4v) is 4.35. The number of rotatable bonds is 1. The van der Waals surface area contributed by atoms with Gasteiger partial charge in [-0.25, -0.2) is 0 Å². The predicted octanol–water partition coefficient (Wildman–Crippen LogP) is 6.17. The minimum absolute atomic E-state index is 0.319. The zero-order valence-corrected chi connectivity index (χ0v) is 13.9. The van der Waals surface area contributed by atoms with Crippen LogP contribution in [-0.4, -0.2) is 0 Å². The van der Waals surface area contributed by atoms with Crippen LogP contribution in [0.4, 0.5) is 0 Å². The van der Waals surface area contributed by atoms with Crippen LogP contribution in [0.2, 0.25) is 0 Å². The molecule has 0 N–H and O–H groups in total. The molecule has 0 saturated heterocycles. The largest absolute Gasteiger partial charge is 0.0616 e. The molecular weight excluding hydrogens is 264 g/mol. The van der Waals surface area contributed by atoms with E-state index in [0.29, 0.717) is 5.41 Å². The standard InChI is InChI=1S/C22H24/c1-4-15-14-20-18(17-9-6-5-8-16(15)17)11-12-21-19(20)10-7-13-22(21,2)3/h5-6,8-9,11-12,14H,4,7,10,13H2,1-3H3. The van der Waals surface area contributed by atoms with Crippen LogP contribution in [0.15, 0.2) is 42.5 Å². The Kier molecular flexibility index (Phi) is 3.04. The topological polar surface area (TPSA) is 0 Å². The Hall–Kier alpha value is -1.82. The first-order valence-corrected chi connectivity index (χ1v) is 8.58. The predicted molar refractivity (Wildman–Crippen MR) is 96.8 cm³/mol. The van der Waals surface area contributed by atoms with Crippen LogP contribution in [0, 0.1) is 0 Å². The summed E-state index contributed by atoms with van der Waals surface area (Å²) in [5.41, 5.74) is 4.98. The van der Waals surface area contributed by atoms with Crippen LogP contribution in [-0.2, 0) is 18.3 Å². The third-order valence-electron chi connectivity index (χ3n) is 5.58. The van der Waals surface area contributed by atoms with Gasteiger partial charge >= 0.3 is 0 Å². The lowest BCUT2D eigenvalue weighted by atomic mass is 9.71. The maximum absolute atomic E-state index is 2.47. The lowest BCUT2D eigenvalue weighted by Crippen LogP contribution is -2.23. The van der Waals surface area contributed by atoms with E-state index in [1.807, 2.05) is 0 Å². The Morgan fingerprint density at radius 2 is 1.64 bits per heavy atom. The van der Waals surface area contributed by atoms with Gasteiger partial charge in [-0.1, -0.05) is 63.2 Å². The highest BCUT2D eigenvalue weighted by atomic mass is 14.3. The Balaban J connectivity index is 2.16. The van der Waals surface area contributed by atoms with Crippen molar-refractivity contribution in [3.8, 4) is 0 Å². The van der Waals surface area contributed by atoms with Crippen molar-refractivity contribution in [2.24, 2.45) is 0 Å². The first-order chi connectivity index (χ1) is 10.6. The van der Waals surface area contributed by atoms with E-state index in [1.165, 1.54) is 46.4 Å². The molecule has 0 nitrogen and oxygen atoms in total. The minimum atomic E-state index is 0.319. The molecule has 0 spiro atoms. The van der Waals surface area contributed by atoms with Crippen molar-refractivity contribution >= 4 is 21.5 Å². The van der Waals surface area contributed by atoms with E-state index in [0.717, 1.165) is 6.42 Å². The average Bonchev–Trinajstić information content (AvgIpc) is 2.53. The van der Waals surface area contributed by atoms with Crippen LogP contribution in [0.25, 0.3) is 21.5 Å². The SMILES string of the molecule is CCc1cc2c3c(ccc2c2ccccc12)C(C)(C)CCC3. The van der Waals surface area contributed by atoms with E-state index in [4.69, 9.17) is 0 Å². The second kappa shape index (κ2) is 4.84. The van der Waals surface area contributed by atoms with Crippen LogP contribution in [0.3, 0.4) is 0 Å². The van der Waals surface area contributed by atoms with Gasteiger partial charge in [0.15, 0.2) is 0 Å². The highest BCUT2D eigenvalue weighted by molar-refractivity contribution is 6.10. The van der Waals surface area contributed by atoms with Gasteiger partial charge in [-0.2, -0.15) is 0 Å². The highest BCUT2D eigenvalue weighted by Gasteiger charge is 2.28. The Morgan fingerprint density at radius 1 is 0.909 bits per heavy atom. The van der Waals surface area contributed by atoms with Gasteiger partial charge in [0, 0.05) is 0 Å². The molecule has 22 heavy (non-hydrogen) atoms. The molecule has 3 aromatic rings. The van der Waals surface area contributed by atoms with Crippen LogP contribution in [0.1, 0.15) is 50.3 Å². The highest BCUT2D eigenvalue weighted by Crippen LogP contribution is 2.41. The van der Waals surface area contributed by atoms with E-state index in [9.17, 15) is 0 Å². The van der Waals surface area contributed by atoms with Crippen molar-refractivity contribution in [1.29, 1.82) is 0 Å². The summed E-state index contributed by atoms with van der Waals surface area (Å²) in [6.07, 6.45) is 4.95. The molecule has 0 saturated carbocycles. The van der Waals surface area contributed by atoms with Crippen LogP contribution < -0.4 is 0 Å². The van der Waals surface area contributed by atoms with Gasteiger partial charge in [-0.05, 0) is 69.3 Å². The molecule has 0 heteroatoms. The summed E-state index contributed by atoms with van der Waals surface area (Å²) in [6.45, 7) is 7.07. The first kappa shape index (κ1) is 13.8. The van der Waals surface area contributed by atoms with Crippen molar-refractivity contribution in [2.45, 2.75) is 51.9 Å². The zero-order valence-electron chi connectivity index (χ0n) is 13.9. The lowest BCUT2D eigenvalue weighted by molar-refractivity contribution is 0.433. The van der Waals surface area contributed by atoms with Crippen molar-refractivity contribution in [1.82, 2.24) is 0 Å². The van der Waals surface area contributed by atoms with Crippen molar-refractivity contribution < 1.29 is 0 Å². The summed E-state index contributed by atoms with van der Waals surface area (Å²) in [7, 11) is 0. The quantitative estimate of drug-likeness (QED) is 0.470. The molecule has 0 bridgehead atoms. The van der Waals surface area contributed by atoms with E-state index in [2.05, 4.69) is 63.2 Å². The number of aryl methyl sites for hydroxylation is 2. The maximum Gasteiger partial charge on any atom is -0.0100 e. The normalized spacial score (nSPS) is 16.9. The molecule has 0 radical (unpaired) electrons. The van der Waals surface area contributed by atoms with Gasteiger partial charge in [-0.15, -0.1) is 0 Å². The summed E-state index contributed by atoms with van der Waals surface area (Å²) in [4.78, 5) is 0.